The summed E-state index contributed by atoms with van der Waals surface area (Å²) in [6, 6.07) is 0. The van der Waals surface area contributed by atoms with Crippen LogP contribution in [0.2, 0.25) is 0 Å². The second-order valence-corrected chi connectivity index (χ2v) is 7.56. The third kappa shape index (κ3) is 21.7. The second kappa shape index (κ2) is 22.7. The third-order valence-electron chi connectivity index (χ3n) is 5.01. The molecule has 143 valence electrons. The molecule has 0 nitrogen and oxygen atoms in total. The van der Waals surface area contributed by atoms with E-state index in [2.05, 4.69) is 26.0 Å². The van der Waals surface area contributed by atoms with E-state index in [1.807, 2.05) is 0 Å². The maximum absolute atomic E-state index is 3.89. The van der Waals surface area contributed by atoms with Crippen LogP contribution < -0.4 is 0 Å². The molecule has 24 heavy (non-hydrogen) atoms. The molecule has 0 saturated heterocycles. The van der Waals surface area contributed by atoms with Gasteiger partial charge in [0, 0.05) is 0 Å². The summed E-state index contributed by atoms with van der Waals surface area (Å²) in [5, 5.41) is 0. The molecule has 0 spiro atoms. The zero-order valence-corrected chi connectivity index (χ0v) is 17.0. The summed E-state index contributed by atoms with van der Waals surface area (Å²) < 4.78 is 0. The number of unbranched alkanes of at least 4 members (excludes halogenated alkanes) is 18. The molecular formula is C24H47. The van der Waals surface area contributed by atoms with Gasteiger partial charge in [-0.25, -0.2) is 0 Å². The standard InChI is InChI=1S/C24H47/c1-3-5-7-9-11-13-15-17-19-21-23-24-22-20-18-16-14-12-10-8-6-4-2/h15,17H,1,3-14,16,18-24H2,2H3/b17-15+. The first-order valence-corrected chi connectivity index (χ1v) is 11.4. The molecule has 1 radical (unpaired) electrons. The summed E-state index contributed by atoms with van der Waals surface area (Å²) in [6.45, 7) is 6.19. The first-order chi connectivity index (χ1) is 11.9. The van der Waals surface area contributed by atoms with Crippen LogP contribution in [0.5, 0.6) is 0 Å². The maximum atomic E-state index is 3.89. The molecule has 0 heterocycles. The van der Waals surface area contributed by atoms with E-state index >= 15 is 0 Å². The summed E-state index contributed by atoms with van der Waals surface area (Å²) in [5.41, 5.74) is 0. The van der Waals surface area contributed by atoms with Crippen molar-refractivity contribution in [1.82, 2.24) is 0 Å². The van der Waals surface area contributed by atoms with E-state index in [1.165, 1.54) is 122 Å². The minimum atomic E-state index is 1.11. The number of rotatable bonds is 20. The highest BCUT2D eigenvalue weighted by atomic mass is 14.0. The van der Waals surface area contributed by atoms with Gasteiger partial charge in [0.05, 0.1) is 0 Å². The van der Waals surface area contributed by atoms with Crippen molar-refractivity contribution in [2.45, 2.75) is 135 Å². The van der Waals surface area contributed by atoms with Gasteiger partial charge < -0.3 is 0 Å². The van der Waals surface area contributed by atoms with Crippen molar-refractivity contribution in [3.63, 3.8) is 0 Å². The van der Waals surface area contributed by atoms with Crippen LogP contribution in [0, 0.1) is 6.92 Å². The first-order valence-electron chi connectivity index (χ1n) is 11.4. The van der Waals surface area contributed by atoms with Gasteiger partial charge in [0.2, 0.25) is 0 Å². The Bertz CT molecular complexity index is 228. The van der Waals surface area contributed by atoms with E-state index in [-0.39, 0.29) is 0 Å². The molecule has 0 aromatic rings. The Morgan fingerprint density at radius 2 is 0.792 bits per heavy atom. The van der Waals surface area contributed by atoms with Gasteiger partial charge in [-0.15, -0.1) is 0 Å². The summed E-state index contributed by atoms with van der Waals surface area (Å²) in [7, 11) is 0. The number of hydrogen-bond donors (Lipinski definition) is 0. The average Bonchev–Trinajstić information content (AvgIpc) is 2.60. The van der Waals surface area contributed by atoms with Gasteiger partial charge in [-0.3, -0.25) is 0 Å². The fraction of sp³-hybridized carbons (Fsp3) is 0.875. The van der Waals surface area contributed by atoms with Gasteiger partial charge in [0.1, 0.15) is 0 Å². The van der Waals surface area contributed by atoms with Gasteiger partial charge in [-0.05, 0) is 25.7 Å². The molecule has 0 rings (SSSR count). The van der Waals surface area contributed by atoms with Crippen molar-refractivity contribution in [3.05, 3.63) is 19.1 Å². The van der Waals surface area contributed by atoms with Gasteiger partial charge in [-0.1, -0.05) is 129 Å². The Morgan fingerprint density at radius 1 is 0.458 bits per heavy atom. The van der Waals surface area contributed by atoms with Crippen LogP contribution in [0.3, 0.4) is 0 Å². The van der Waals surface area contributed by atoms with Crippen LogP contribution in [0.1, 0.15) is 135 Å². The van der Waals surface area contributed by atoms with Crippen LogP contribution in [0.15, 0.2) is 12.2 Å². The molecule has 0 fully saturated rings. The smallest absolute Gasteiger partial charge is 0.0351 e. The monoisotopic (exact) mass is 335 g/mol. The molecule has 0 aromatic carbocycles. The molecule has 0 amide bonds. The minimum Gasteiger partial charge on any atom is -0.0885 e. The molecule has 0 aliphatic heterocycles. The van der Waals surface area contributed by atoms with Crippen molar-refractivity contribution in [2.24, 2.45) is 0 Å². The highest BCUT2D eigenvalue weighted by Crippen LogP contribution is 2.13. The molecular weight excluding hydrogens is 288 g/mol. The second-order valence-electron chi connectivity index (χ2n) is 7.56. The Balaban J connectivity index is 3.02. The average molecular weight is 336 g/mol. The van der Waals surface area contributed by atoms with Gasteiger partial charge in [0.25, 0.3) is 0 Å². The van der Waals surface area contributed by atoms with Crippen molar-refractivity contribution in [1.29, 1.82) is 0 Å². The molecule has 0 unspecified atom stereocenters. The largest absolute Gasteiger partial charge is 0.0885 e. The van der Waals surface area contributed by atoms with E-state index in [1.54, 1.807) is 0 Å². The Kier molecular flexibility index (Phi) is 22.5. The lowest BCUT2D eigenvalue weighted by Crippen LogP contribution is -1.82. The molecule has 0 saturated carbocycles. The SMILES string of the molecule is [CH2]CCCCCC/C=C/CCCCCCCCCCCCCCC. The zero-order chi connectivity index (χ0) is 17.6. The minimum absolute atomic E-state index is 1.11. The van der Waals surface area contributed by atoms with Crippen molar-refractivity contribution < 1.29 is 0 Å². The fourth-order valence-corrected chi connectivity index (χ4v) is 3.31. The quantitative estimate of drug-likeness (QED) is 0.154. The van der Waals surface area contributed by atoms with Crippen LogP contribution in [-0.4, -0.2) is 0 Å². The Hall–Kier alpha value is -0.260. The molecule has 0 atom stereocenters. The van der Waals surface area contributed by atoms with E-state index in [4.69, 9.17) is 0 Å². The lowest BCUT2D eigenvalue weighted by Gasteiger charge is -2.02. The molecule has 0 bridgehead atoms. The Morgan fingerprint density at radius 3 is 1.17 bits per heavy atom. The van der Waals surface area contributed by atoms with Crippen molar-refractivity contribution in [3.8, 4) is 0 Å². The van der Waals surface area contributed by atoms with Crippen LogP contribution in [0.4, 0.5) is 0 Å². The molecule has 0 aliphatic carbocycles. The van der Waals surface area contributed by atoms with Gasteiger partial charge in [-0.2, -0.15) is 0 Å². The lowest BCUT2D eigenvalue weighted by atomic mass is 10.0. The normalized spacial score (nSPS) is 11.6. The number of hydrogen-bond acceptors (Lipinski definition) is 0. The van der Waals surface area contributed by atoms with E-state index in [9.17, 15) is 0 Å². The third-order valence-corrected chi connectivity index (χ3v) is 5.01. The summed E-state index contributed by atoms with van der Waals surface area (Å²) >= 11 is 0. The van der Waals surface area contributed by atoms with E-state index in [0.717, 1.165) is 6.42 Å². The molecule has 0 N–H and O–H groups in total. The Labute approximate surface area is 154 Å². The summed E-state index contributed by atoms with van der Waals surface area (Å²) in [5.74, 6) is 0. The molecule has 0 heteroatoms. The highest BCUT2D eigenvalue weighted by molar-refractivity contribution is 4.81. The van der Waals surface area contributed by atoms with Crippen LogP contribution in [-0.2, 0) is 0 Å². The summed E-state index contributed by atoms with van der Waals surface area (Å²) in [6.07, 6.45) is 32.8. The van der Waals surface area contributed by atoms with Gasteiger partial charge >= 0.3 is 0 Å². The number of allylic oxidation sites excluding steroid dienone is 2. The predicted octanol–water partition coefficient (Wildman–Crippen LogP) is 9.20. The fourth-order valence-electron chi connectivity index (χ4n) is 3.31. The van der Waals surface area contributed by atoms with E-state index < -0.39 is 0 Å². The first kappa shape index (κ1) is 23.7. The summed E-state index contributed by atoms with van der Waals surface area (Å²) in [4.78, 5) is 0. The van der Waals surface area contributed by atoms with Crippen molar-refractivity contribution >= 4 is 0 Å². The van der Waals surface area contributed by atoms with Gasteiger partial charge in [0.15, 0.2) is 0 Å². The topological polar surface area (TPSA) is 0 Å². The van der Waals surface area contributed by atoms with Crippen molar-refractivity contribution in [2.75, 3.05) is 0 Å². The molecule has 0 aromatic heterocycles. The maximum Gasteiger partial charge on any atom is -0.0351 e. The zero-order valence-electron chi connectivity index (χ0n) is 17.0. The van der Waals surface area contributed by atoms with E-state index in [0.29, 0.717) is 0 Å². The van der Waals surface area contributed by atoms with Crippen LogP contribution >= 0.6 is 0 Å². The lowest BCUT2D eigenvalue weighted by molar-refractivity contribution is 0.540. The van der Waals surface area contributed by atoms with Crippen LogP contribution in [0.25, 0.3) is 0 Å². The highest BCUT2D eigenvalue weighted by Gasteiger charge is 1.93. The molecule has 0 aliphatic rings. The predicted molar refractivity (Wildman–Crippen MR) is 113 cm³/mol.